The molecule has 0 radical (unpaired) electrons. The average molecular weight is 354 g/mol. The molecule has 0 saturated heterocycles. The Kier molecular flexibility index (Phi) is 3.90. The molecule has 0 aromatic carbocycles. The Hall–Kier alpha value is -2.90. The molecule has 1 aliphatic carbocycles. The number of nitrogens with one attached hydrogen (secondary N) is 2. The first-order chi connectivity index (χ1) is 12.5. The van der Waals surface area contributed by atoms with Crippen LogP contribution in [0.1, 0.15) is 53.7 Å². The number of anilines is 1. The first kappa shape index (κ1) is 16.6. The zero-order valence-corrected chi connectivity index (χ0v) is 14.9. The van der Waals surface area contributed by atoms with E-state index < -0.39 is 5.54 Å². The number of hydrogen-bond acceptors (Lipinski definition) is 6. The van der Waals surface area contributed by atoms with E-state index in [0.717, 1.165) is 42.4 Å². The molecule has 1 amide bonds. The van der Waals surface area contributed by atoms with E-state index in [0.29, 0.717) is 28.4 Å². The molecule has 0 bridgehead atoms. The average Bonchev–Trinajstić information content (AvgIpc) is 2.92. The van der Waals surface area contributed by atoms with Crippen LogP contribution >= 0.6 is 0 Å². The van der Waals surface area contributed by atoms with Gasteiger partial charge in [0.2, 0.25) is 0 Å². The van der Waals surface area contributed by atoms with Crippen LogP contribution in [0.25, 0.3) is 0 Å². The lowest BCUT2D eigenvalue weighted by molar-refractivity contribution is 0.0892. The molecule has 2 aliphatic rings. The van der Waals surface area contributed by atoms with Gasteiger partial charge >= 0.3 is 0 Å². The number of aromatic nitrogens is 3. The number of carbonyl (C=O) groups is 1. The highest BCUT2D eigenvalue weighted by atomic mass is 16.5. The van der Waals surface area contributed by atoms with Crippen molar-refractivity contribution in [2.75, 3.05) is 12.4 Å². The number of aryl methyl sites for hydroxylation is 1. The lowest BCUT2D eigenvalue weighted by Gasteiger charge is -2.34. The molecule has 1 saturated carbocycles. The van der Waals surface area contributed by atoms with E-state index in [1.165, 1.54) is 6.33 Å². The number of amides is 1. The number of fused-ring (bicyclic) bond motifs is 2. The number of rotatable bonds is 2. The van der Waals surface area contributed by atoms with Gasteiger partial charge in [0.1, 0.15) is 12.1 Å². The fourth-order valence-corrected chi connectivity index (χ4v) is 4.06. The maximum atomic E-state index is 12.6. The quantitative estimate of drug-likeness (QED) is 0.716. The van der Waals surface area contributed by atoms with Crippen LogP contribution in [-0.2, 0) is 5.54 Å². The van der Waals surface area contributed by atoms with Crippen LogP contribution < -0.4 is 16.1 Å². The highest BCUT2D eigenvalue weighted by molar-refractivity contribution is 6.00. The summed E-state index contributed by atoms with van der Waals surface area (Å²) in [5.41, 5.74) is 1.84. The molecule has 8 nitrogen and oxygen atoms in total. The van der Waals surface area contributed by atoms with Crippen LogP contribution in [-0.4, -0.2) is 32.9 Å². The van der Waals surface area contributed by atoms with Crippen molar-refractivity contribution in [2.24, 2.45) is 4.99 Å². The van der Waals surface area contributed by atoms with Crippen molar-refractivity contribution in [1.29, 1.82) is 0 Å². The van der Waals surface area contributed by atoms with E-state index in [-0.39, 0.29) is 5.91 Å². The third-order valence-corrected chi connectivity index (χ3v) is 5.28. The Bertz CT molecular complexity index is 943. The summed E-state index contributed by atoms with van der Waals surface area (Å²) in [4.78, 5) is 25.3. The minimum Gasteiger partial charge on any atom is -0.427 e. The predicted octanol–water partition coefficient (Wildman–Crippen LogP) is 2.00. The van der Waals surface area contributed by atoms with Crippen LogP contribution in [0.4, 0.5) is 11.6 Å². The van der Waals surface area contributed by atoms with Gasteiger partial charge < -0.3 is 15.8 Å². The fourth-order valence-electron chi connectivity index (χ4n) is 4.06. The SMILES string of the molecule is CNc1cc(N=c2cc(C)c3c(n2O)C2(CCCCC2)NC3=O)ncn1. The van der Waals surface area contributed by atoms with E-state index in [4.69, 9.17) is 0 Å². The summed E-state index contributed by atoms with van der Waals surface area (Å²) in [5.74, 6) is 0.955. The zero-order chi connectivity index (χ0) is 18.3. The van der Waals surface area contributed by atoms with Crippen LogP contribution in [0.5, 0.6) is 0 Å². The predicted molar refractivity (Wildman–Crippen MR) is 95.4 cm³/mol. The van der Waals surface area contributed by atoms with Gasteiger partial charge in [-0.1, -0.05) is 19.3 Å². The van der Waals surface area contributed by atoms with Gasteiger partial charge in [0.25, 0.3) is 5.91 Å². The lowest BCUT2D eigenvalue weighted by Crippen LogP contribution is -2.43. The molecular weight excluding hydrogens is 332 g/mol. The molecule has 4 rings (SSSR count). The summed E-state index contributed by atoms with van der Waals surface area (Å²) in [6, 6.07) is 3.41. The smallest absolute Gasteiger partial charge is 0.254 e. The molecule has 3 N–H and O–H groups in total. The Balaban J connectivity index is 1.91. The minimum atomic E-state index is -0.502. The van der Waals surface area contributed by atoms with E-state index >= 15 is 0 Å². The van der Waals surface area contributed by atoms with E-state index in [1.807, 2.05) is 6.92 Å². The zero-order valence-electron chi connectivity index (χ0n) is 14.9. The molecule has 0 atom stereocenters. The summed E-state index contributed by atoms with van der Waals surface area (Å²) in [7, 11) is 1.77. The Morgan fingerprint density at radius 1 is 1.27 bits per heavy atom. The molecule has 1 aliphatic heterocycles. The van der Waals surface area contributed by atoms with Crippen molar-refractivity contribution in [2.45, 2.75) is 44.6 Å². The summed E-state index contributed by atoms with van der Waals surface area (Å²) in [5, 5.41) is 17.0. The lowest BCUT2D eigenvalue weighted by atomic mass is 9.79. The van der Waals surface area contributed by atoms with Gasteiger partial charge in [-0.2, -0.15) is 4.73 Å². The van der Waals surface area contributed by atoms with Crippen LogP contribution in [0.15, 0.2) is 23.5 Å². The topological polar surface area (TPSA) is 104 Å². The summed E-state index contributed by atoms with van der Waals surface area (Å²) in [6.45, 7) is 1.87. The van der Waals surface area contributed by atoms with Gasteiger partial charge in [-0.3, -0.25) is 4.79 Å². The van der Waals surface area contributed by atoms with Gasteiger partial charge in [-0.05, 0) is 31.4 Å². The van der Waals surface area contributed by atoms with E-state index in [1.54, 1.807) is 19.2 Å². The molecule has 0 unspecified atom stereocenters. The molecule has 3 heterocycles. The third-order valence-electron chi connectivity index (χ3n) is 5.28. The second kappa shape index (κ2) is 6.12. The van der Waals surface area contributed by atoms with Gasteiger partial charge in [-0.25, -0.2) is 15.0 Å². The van der Waals surface area contributed by atoms with Gasteiger partial charge in [-0.15, -0.1) is 0 Å². The monoisotopic (exact) mass is 354 g/mol. The number of hydrogen-bond donors (Lipinski definition) is 3. The number of pyridine rings is 1. The largest absolute Gasteiger partial charge is 0.427 e. The Morgan fingerprint density at radius 3 is 2.77 bits per heavy atom. The Morgan fingerprint density at radius 2 is 2.04 bits per heavy atom. The Labute approximate surface area is 151 Å². The standard InChI is InChI=1S/C18H22N6O2/c1-11-8-14(22-13-9-12(19-2)20-10-21-13)24(26)16-15(11)17(25)23-18(16)6-4-3-5-7-18/h8-10,26H,3-7H2,1-2H3,(H,23,25)(H,19,20,21). The summed E-state index contributed by atoms with van der Waals surface area (Å²) < 4.78 is 1.06. The minimum absolute atomic E-state index is 0.117. The van der Waals surface area contributed by atoms with Crippen molar-refractivity contribution in [3.8, 4) is 0 Å². The normalized spacial score (nSPS) is 18.7. The maximum absolute atomic E-state index is 12.6. The van der Waals surface area contributed by atoms with Crippen LogP contribution in [0.3, 0.4) is 0 Å². The molecule has 26 heavy (non-hydrogen) atoms. The first-order valence-electron chi connectivity index (χ1n) is 8.87. The third kappa shape index (κ3) is 2.53. The maximum Gasteiger partial charge on any atom is 0.254 e. The summed E-state index contributed by atoms with van der Waals surface area (Å²) >= 11 is 0. The molecule has 136 valence electrons. The van der Waals surface area contributed by atoms with Crippen molar-refractivity contribution in [3.63, 3.8) is 0 Å². The van der Waals surface area contributed by atoms with Crippen LogP contribution in [0, 0.1) is 6.92 Å². The molecule has 8 heteroatoms. The van der Waals surface area contributed by atoms with Gasteiger partial charge in [0.05, 0.1) is 16.8 Å². The number of carbonyl (C=O) groups excluding carboxylic acids is 1. The highest BCUT2D eigenvalue weighted by Crippen LogP contribution is 2.42. The van der Waals surface area contributed by atoms with Crippen molar-refractivity contribution in [1.82, 2.24) is 20.0 Å². The molecule has 2 aromatic heterocycles. The van der Waals surface area contributed by atoms with Gasteiger partial charge in [0, 0.05) is 13.1 Å². The van der Waals surface area contributed by atoms with E-state index in [9.17, 15) is 10.0 Å². The van der Waals surface area contributed by atoms with Crippen molar-refractivity contribution in [3.05, 3.63) is 40.8 Å². The first-order valence-corrected chi connectivity index (χ1v) is 8.87. The second-order valence-electron chi connectivity index (χ2n) is 6.94. The van der Waals surface area contributed by atoms with Crippen molar-refractivity contribution < 1.29 is 10.0 Å². The summed E-state index contributed by atoms with van der Waals surface area (Å²) in [6.07, 6.45) is 6.27. The number of nitrogens with zero attached hydrogens (tertiary/aromatic N) is 4. The van der Waals surface area contributed by atoms with E-state index in [2.05, 4.69) is 25.6 Å². The molecule has 2 aromatic rings. The molecule has 1 fully saturated rings. The second-order valence-corrected chi connectivity index (χ2v) is 6.94. The van der Waals surface area contributed by atoms with Gasteiger partial charge in [0.15, 0.2) is 11.3 Å². The highest BCUT2D eigenvalue weighted by Gasteiger charge is 2.47. The molecular formula is C18H22N6O2. The van der Waals surface area contributed by atoms with Crippen LogP contribution in [0.2, 0.25) is 0 Å². The molecule has 1 spiro atoms. The van der Waals surface area contributed by atoms with Crippen molar-refractivity contribution >= 4 is 17.5 Å². The fraction of sp³-hybridized carbons (Fsp3) is 0.444.